The number of hydrogen-bond donors (Lipinski definition) is 0. The van der Waals surface area contributed by atoms with Crippen molar-refractivity contribution in [3.05, 3.63) is 54.4 Å². The van der Waals surface area contributed by atoms with E-state index in [-0.39, 0.29) is 19.1 Å². The lowest BCUT2D eigenvalue weighted by molar-refractivity contribution is -0.132. The minimum Gasteiger partial charge on any atom is -0.493 e. The molecule has 2 aromatic carbocycles. The molecule has 0 bridgehead atoms. The fraction of sp³-hybridized carbons (Fsp3) is 0.364. The van der Waals surface area contributed by atoms with Crippen LogP contribution in [0.4, 0.5) is 0 Å². The molecule has 1 aliphatic heterocycles. The van der Waals surface area contributed by atoms with Crippen LogP contribution in [0, 0.1) is 0 Å². The monoisotopic (exact) mass is 379 g/mol. The Morgan fingerprint density at radius 1 is 1.00 bits per heavy atom. The van der Waals surface area contributed by atoms with E-state index in [0.29, 0.717) is 11.5 Å². The van der Waals surface area contributed by atoms with E-state index in [9.17, 15) is 4.79 Å². The highest BCUT2D eigenvalue weighted by Gasteiger charge is 2.20. The van der Waals surface area contributed by atoms with E-state index in [1.54, 1.807) is 7.11 Å². The number of methoxy groups -OCH3 is 1. The molecule has 0 radical (unpaired) electrons. The van der Waals surface area contributed by atoms with Gasteiger partial charge in [0.1, 0.15) is 19.0 Å². The van der Waals surface area contributed by atoms with Crippen molar-refractivity contribution in [2.24, 2.45) is 0 Å². The van der Waals surface area contributed by atoms with Crippen LogP contribution in [0.2, 0.25) is 0 Å². The number of piperidine rings is 1. The predicted octanol–water partition coefficient (Wildman–Crippen LogP) is 3.64. The molecule has 0 N–H and O–H groups in total. The summed E-state index contributed by atoms with van der Waals surface area (Å²) in [5, 5.41) is 0. The standard InChI is InChI=1S/C22H25N3O3/c1-27-19-11-5-6-12-20(19)28-16-21-23-17-9-3-4-10-18(17)25(21)15-22(26)24-13-7-2-8-14-24/h3-6,9-12H,2,7-8,13-16H2,1H3. The molecule has 0 unspecified atom stereocenters. The van der Waals surface area contributed by atoms with Crippen LogP contribution in [-0.2, 0) is 17.9 Å². The molecule has 2 heterocycles. The second-order valence-corrected chi connectivity index (χ2v) is 6.98. The summed E-state index contributed by atoms with van der Waals surface area (Å²) in [4.78, 5) is 19.5. The lowest BCUT2D eigenvalue weighted by Gasteiger charge is -2.27. The number of para-hydroxylation sites is 4. The highest BCUT2D eigenvalue weighted by Crippen LogP contribution is 2.27. The van der Waals surface area contributed by atoms with E-state index in [1.807, 2.05) is 58.0 Å². The normalized spacial score (nSPS) is 14.2. The molecular weight excluding hydrogens is 354 g/mol. The number of amides is 1. The summed E-state index contributed by atoms with van der Waals surface area (Å²) in [5.41, 5.74) is 1.82. The van der Waals surface area contributed by atoms with Gasteiger partial charge in [-0.25, -0.2) is 4.98 Å². The van der Waals surface area contributed by atoms with Gasteiger partial charge < -0.3 is 18.9 Å². The zero-order valence-corrected chi connectivity index (χ0v) is 16.1. The molecule has 1 aromatic heterocycles. The zero-order valence-electron chi connectivity index (χ0n) is 16.1. The maximum absolute atomic E-state index is 12.9. The van der Waals surface area contributed by atoms with E-state index < -0.39 is 0 Å². The van der Waals surface area contributed by atoms with Gasteiger partial charge in [-0.1, -0.05) is 24.3 Å². The number of fused-ring (bicyclic) bond motifs is 1. The molecular formula is C22H25N3O3. The molecule has 3 aromatic rings. The largest absolute Gasteiger partial charge is 0.493 e. The SMILES string of the molecule is COc1ccccc1OCc1nc2ccccc2n1CC(=O)N1CCCCC1. The second kappa shape index (κ2) is 8.33. The third-order valence-corrected chi connectivity index (χ3v) is 5.16. The van der Waals surface area contributed by atoms with Crippen molar-refractivity contribution in [3.63, 3.8) is 0 Å². The number of carbonyl (C=O) groups is 1. The van der Waals surface area contributed by atoms with Crippen LogP contribution in [-0.4, -0.2) is 40.6 Å². The van der Waals surface area contributed by atoms with Crippen molar-refractivity contribution < 1.29 is 14.3 Å². The van der Waals surface area contributed by atoms with Crippen LogP contribution in [0.25, 0.3) is 11.0 Å². The quantitative estimate of drug-likeness (QED) is 0.656. The van der Waals surface area contributed by atoms with Crippen molar-refractivity contribution in [2.75, 3.05) is 20.2 Å². The Kier molecular flexibility index (Phi) is 5.46. The molecule has 0 saturated carbocycles. The van der Waals surface area contributed by atoms with Gasteiger partial charge in [0.25, 0.3) is 0 Å². The van der Waals surface area contributed by atoms with E-state index in [4.69, 9.17) is 14.5 Å². The van der Waals surface area contributed by atoms with Gasteiger partial charge in [0.15, 0.2) is 11.5 Å². The Morgan fingerprint density at radius 2 is 1.71 bits per heavy atom. The summed E-state index contributed by atoms with van der Waals surface area (Å²) in [7, 11) is 1.62. The molecule has 1 aliphatic rings. The molecule has 6 nitrogen and oxygen atoms in total. The van der Waals surface area contributed by atoms with E-state index in [2.05, 4.69) is 0 Å². The third kappa shape index (κ3) is 3.81. The summed E-state index contributed by atoms with van der Waals surface area (Å²) < 4.78 is 13.3. The van der Waals surface area contributed by atoms with Gasteiger partial charge in [0.05, 0.1) is 18.1 Å². The van der Waals surface area contributed by atoms with Crippen molar-refractivity contribution in [1.29, 1.82) is 0 Å². The number of ether oxygens (including phenoxy) is 2. The number of aromatic nitrogens is 2. The lowest BCUT2D eigenvalue weighted by atomic mass is 10.1. The maximum Gasteiger partial charge on any atom is 0.242 e. The van der Waals surface area contributed by atoms with Gasteiger partial charge in [-0.3, -0.25) is 4.79 Å². The first-order valence-electron chi connectivity index (χ1n) is 9.74. The maximum atomic E-state index is 12.9. The Bertz CT molecular complexity index is 961. The molecule has 146 valence electrons. The Morgan fingerprint density at radius 3 is 2.50 bits per heavy atom. The van der Waals surface area contributed by atoms with Gasteiger partial charge >= 0.3 is 0 Å². The molecule has 0 spiro atoms. The smallest absolute Gasteiger partial charge is 0.242 e. The van der Waals surface area contributed by atoms with Crippen LogP contribution < -0.4 is 9.47 Å². The highest BCUT2D eigenvalue weighted by atomic mass is 16.5. The number of rotatable bonds is 6. The highest BCUT2D eigenvalue weighted by molar-refractivity contribution is 5.81. The third-order valence-electron chi connectivity index (χ3n) is 5.16. The lowest BCUT2D eigenvalue weighted by Crippen LogP contribution is -2.38. The Balaban J connectivity index is 1.58. The minimum absolute atomic E-state index is 0.140. The van der Waals surface area contributed by atoms with Gasteiger partial charge in [-0.15, -0.1) is 0 Å². The molecule has 0 aliphatic carbocycles. The van der Waals surface area contributed by atoms with Crippen molar-refractivity contribution in [3.8, 4) is 11.5 Å². The van der Waals surface area contributed by atoms with E-state index >= 15 is 0 Å². The molecule has 1 saturated heterocycles. The van der Waals surface area contributed by atoms with Crippen LogP contribution in [0.15, 0.2) is 48.5 Å². The summed E-state index contributed by atoms with van der Waals surface area (Å²) in [6.45, 7) is 2.24. The van der Waals surface area contributed by atoms with Crippen LogP contribution in [0.3, 0.4) is 0 Å². The zero-order chi connectivity index (χ0) is 19.3. The number of carbonyl (C=O) groups excluding carboxylic acids is 1. The summed E-state index contributed by atoms with van der Waals surface area (Å²) in [5.74, 6) is 2.21. The van der Waals surface area contributed by atoms with E-state index in [0.717, 1.165) is 42.8 Å². The fourth-order valence-corrected chi connectivity index (χ4v) is 3.67. The van der Waals surface area contributed by atoms with Crippen LogP contribution >= 0.6 is 0 Å². The molecule has 0 atom stereocenters. The predicted molar refractivity (Wildman–Crippen MR) is 107 cm³/mol. The van der Waals surface area contributed by atoms with Crippen molar-refractivity contribution in [2.45, 2.75) is 32.4 Å². The van der Waals surface area contributed by atoms with Gasteiger partial charge in [0, 0.05) is 13.1 Å². The fourth-order valence-electron chi connectivity index (χ4n) is 3.67. The van der Waals surface area contributed by atoms with Gasteiger partial charge in [0.2, 0.25) is 5.91 Å². The first-order chi connectivity index (χ1) is 13.8. The molecule has 6 heteroatoms. The Labute approximate surface area is 164 Å². The average molecular weight is 379 g/mol. The van der Waals surface area contributed by atoms with E-state index in [1.165, 1.54) is 6.42 Å². The summed E-state index contributed by atoms with van der Waals surface area (Å²) in [6.07, 6.45) is 3.37. The number of nitrogens with zero attached hydrogens (tertiary/aromatic N) is 3. The van der Waals surface area contributed by atoms with Gasteiger partial charge in [-0.05, 0) is 43.5 Å². The molecule has 1 fully saturated rings. The average Bonchev–Trinajstić information content (AvgIpc) is 3.10. The number of hydrogen-bond acceptors (Lipinski definition) is 4. The molecule has 1 amide bonds. The first-order valence-corrected chi connectivity index (χ1v) is 9.74. The van der Waals surface area contributed by atoms with Crippen LogP contribution in [0.1, 0.15) is 25.1 Å². The minimum atomic E-state index is 0.140. The number of imidazole rings is 1. The van der Waals surface area contributed by atoms with Crippen molar-refractivity contribution in [1.82, 2.24) is 14.5 Å². The first kappa shape index (κ1) is 18.3. The molecule has 4 rings (SSSR count). The second-order valence-electron chi connectivity index (χ2n) is 6.98. The van der Waals surface area contributed by atoms with Gasteiger partial charge in [-0.2, -0.15) is 0 Å². The number of likely N-dealkylation sites (tertiary alicyclic amines) is 1. The Hall–Kier alpha value is -3.02. The molecule has 28 heavy (non-hydrogen) atoms. The summed E-state index contributed by atoms with van der Waals surface area (Å²) >= 11 is 0. The topological polar surface area (TPSA) is 56.6 Å². The number of benzene rings is 2. The summed E-state index contributed by atoms with van der Waals surface area (Å²) in [6, 6.07) is 15.4. The van der Waals surface area contributed by atoms with Crippen LogP contribution in [0.5, 0.6) is 11.5 Å². The van der Waals surface area contributed by atoms with Crippen molar-refractivity contribution >= 4 is 16.9 Å².